The van der Waals surface area contributed by atoms with E-state index in [1.807, 2.05) is 65.8 Å². The van der Waals surface area contributed by atoms with Crippen molar-refractivity contribution >= 4 is 0 Å². The Morgan fingerprint density at radius 1 is 0.667 bits per heavy atom. The molecule has 0 aliphatic rings. The highest BCUT2D eigenvalue weighted by molar-refractivity contribution is 5.60. The number of phenols is 3. The monoisotopic (exact) mass is 406 g/mol. The topological polar surface area (TPSA) is 69.9 Å². The minimum Gasteiger partial charge on any atom is -0.507 e. The first-order valence-electron chi connectivity index (χ1n) is 10.0. The molecule has 0 saturated carbocycles. The van der Waals surface area contributed by atoms with E-state index in [1.54, 1.807) is 6.07 Å². The Bertz CT molecular complexity index is 1070. The molecule has 0 unspecified atom stereocenters. The zero-order chi connectivity index (χ0) is 22.3. The summed E-state index contributed by atoms with van der Waals surface area (Å²) in [6.45, 7) is 11.7. The Kier molecular flexibility index (Phi) is 5.71. The SMILES string of the molecule is COc1cc(C(c2cc(C)c(O)c(C)c2C)c2cc(C)c(O)c(C)c2C)ccc1O. The first-order chi connectivity index (χ1) is 14.1. The van der Waals surface area contributed by atoms with Crippen molar-refractivity contribution in [3.63, 3.8) is 0 Å². The number of ether oxygens (including phenoxy) is 1. The average molecular weight is 407 g/mol. The van der Waals surface area contributed by atoms with Crippen LogP contribution in [0.4, 0.5) is 0 Å². The fourth-order valence-corrected chi connectivity index (χ4v) is 4.20. The molecule has 4 nitrogen and oxygen atoms in total. The minimum atomic E-state index is -0.157. The molecule has 0 bridgehead atoms. The summed E-state index contributed by atoms with van der Waals surface area (Å²) in [5.74, 6) is 0.966. The van der Waals surface area contributed by atoms with E-state index in [4.69, 9.17) is 4.74 Å². The van der Waals surface area contributed by atoms with Crippen LogP contribution in [0.5, 0.6) is 23.0 Å². The Labute approximate surface area is 178 Å². The van der Waals surface area contributed by atoms with Gasteiger partial charge in [0.2, 0.25) is 0 Å². The maximum Gasteiger partial charge on any atom is 0.160 e. The van der Waals surface area contributed by atoms with E-state index in [9.17, 15) is 15.3 Å². The van der Waals surface area contributed by atoms with Gasteiger partial charge in [-0.25, -0.2) is 0 Å². The summed E-state index contributed by atoms with van der Waals surface area (Å²) >= 11 is 0. The summed E-state index contributed by atoms with van der Waals surface area (Å²) in [5, 5.41) is 31.0. The molecule has 0 aliphatic carbocycles. The van der Waals surface area contributed by atoms with Gasteiger partial charge in [-0.15, -0.1) is 0 Å². The number of hydrogen-bond donors (Lipinski definition) is 3. The highest BCUT2D eigenvalue weighted by Crippen LogP contribution is 2.43. The zero-order valence-corrected chi connectivity index (χ0v) is 18.7. The van der Waals surface area contributed by atoms with Crippen LogP contribution in [0, 0.1) is 41.5 Å². The third-order valence-corrected chi connectivity index (χ3v) is 6.35. The maximum atomic E-state index is 10.4. The van der Waals surface area contributed by atoms with Crippen LogP contribution in [0.25, 0.3) is 0 Å². The summed E-state index contributed by atoms with van der Waals surface area (Å²) in [4.78, 5) is 0. The van der Waals surface area contributed by atoms with Crippen LogP contribution in [0.2, 0.25) is 0 Å². The molecule has 0 aliphatic heterocycles. The van der Waals surface area contributed by atoms with Gasteiger partial charge >= 0.3 is 0 Å². The first kappa shape index (κ1) is 21.6. The van der Waals surface area contributed by atoms with Gasteiger partial charge < -0.3 is 20.1 Å². The van der Waals surface area contributed by atoms with Gasteiger partial charge in [0.25, 0.3) is 0 Å². The molecule has 0 aromatic heterocycles. The second kappa shape index (κ2) is 7.94. The van der Waals surface area contributed by atoms with Gasteiger partial charge in [0.1, 0.15) is 11.5 Å². The lowest BCUT2D eigenvalue weighted by Crippen LogP contribution is -2.10. The molecule has 3 aromatic carbocycles. The van der Waals surface area contributed by atoms with Gasteiger partial charge in [-0.2, -0.15) is 0 Å². The highest BCUT2D eigenvalue weighted by Gasteiger charge is 2.26. The van der Waals surface area contributed by atoms with Crippen LogP contribution in [-0.4, -0.2) is 22.4 Å². The Morgan fingerprint density at radius 3 is 1.57 bits per heavy atom. The van der Waals surface area contributed by atoms with Gasteiger partial charge in [0.05, 0.1) is 7.11 Å². The third-order valence-electron chi connectivity index (χ3n) is 6.35. The molecular weight excluding hydrogens is 376 g/mol. The van der Waals surface area contributed by atoms with Crippen molar-refractivity contribution in [2.75, 3.05) is 7.11 Å². The average Bonchev–Trinajstić information content (AvgIpc) is 2.73. The third kappa shape index (κ3) is 3.47. The molecule has 0 saturated heterocycles. The second-order valence-corrected chi connectivity index (χ2v) is 8.13. The van der Waals surface area contributed by atoms with E-state index >= 15 is 0 Å². The molecule has 0 heterocycles. The van der Waals surface area contributed by atoms with Crippen LogP contribution < -0.4 is 4.74 Å². The molecule has 3 N–H and O–H groups in total. The Morgan fingerprint density at radius 2 is 1.13 bits per heavy atom. The summed E-state index contributed by atoms with van der Waals surface area (Å²) in [5.41, 5.74) is 8.46. The van der Waals surface area contributed by atoms with E-state index in [2.05, 4.69) is 0 Å². The maximum absolute atomic E-state index is 10.4. The van der Waals surface area contributed by atoms with Crippen molar-refractivity contribution in [1.82, 2.24) is 0 Å². The Hall–Kier alpha value is -3.14. The molecular formula is C26H30O4. The van der Waals surface area contributed by atoms with Gasteiger partial charge in [-0.05, 0) is 104 Å². The molecule has 0 fully saturated rings. The van der Waals surface area contributed by atoms with Crippen molar-refractivity contribution in [3.8, 4) is 23.0 Å². The fraction of sp³-hybridized carbons (Fsp3) is 0.308. The van der Waals surface area contributed by atoms with Crippen molar-refractivity contribution < 1.29 is 20.1 Å². The predicted molar refractivity (Wildman–Crippen MR) is 120 cm³/mol. The number of aryl methyl sites for hydroxylation is 2. The lowest BCUT2D eigenvalue weighted by Gasteiger charge is -2.26. The van der Waals surface area contributed by atoms with Crippen LogP contribution in [0.3, 0.4) is 0 Å². The van der Waals surface area contributed by atoms with Crippen LogP contribution in [-0.2, 0) is 0 Å². The summed E-state index contributed by atoms with van der Waals surface area (Å²) in [6.07, 6.45) is 0. The number of phenolic OH excluding ortho intramolecular Hbond substituents is 3. The summed E-state index contributed by atoms with van der Waals surface area (Å²) in [7, 11) is 1.54. The summed E-state index contributed by atoms with van der Waals surface area (Å²) < 4.78 is 5.37. The number of benzene rings is 3. The lowest BCUT2D eigenvalue weighted by atomic mass is 9.78. The first-order valence-corrected chi connectivity index (χ1v) is 10.0. The zero-order valence-electron chi connectivity index (χ0n) is 18.7. The van der Waals surface area contributed by atoms with E-state index in [1.165, 1.54) is 7.11 Å². The van der Waals surface area contributed by atoms with Crippen LogP contribution in [0.15, 0.2) is 30.3 Å². The molecule has 4 heteroatoms. The molecule has 158 valence electrons. The van der Waals surface area contributed by atoms with E-state index < -0.39 is 0 Å². The van der Waals surface area contributed by atoms with E-state index in [0.717, 1.165) is 50.1 Å². The van der Waals surface area contributed by atoms with Crippen molar-refractivity contribution in [1.29, 1.82) is 0 Å². The van der Waals surface area contributed by atoms with Crippen molar-refractivity contribution in [3.05, 3.63) is 80.4 Å². The van der Waals surface area contributed by atoms with Crippen molar-refractivity contribution in [2.45, 2.75) is 47.5 Å². The molecule has 3 rings (SSSR count). The van der Waals surface area contributed by atoms with Crippen molar-refractivity contribution in [2.24, 2.45) is 0 Å². The largest absolute Gasteiger partial charge is 0.507 e. The number of hydrogen-bond acceptors (Lipinski definition) is 4. The van der Waals surface area contributed by atoms with Gasteiger partial charge in [-0.1, -0.05) is 18.2 Å². The predicted octanol–water partition coefficient (Wildman–Crippen LogP) is 5.84. The molecule has 3 aromatic rings. The highest BCUT2D eigenvalue weighted by atomic mass is 16.5. The summed E-state index contributed by atoms with van der Waals surface area (Å²) in [6, 6.07) is 9.45. The fourth-order valence-electron chi connectivity index (χ4n) is 4.20. The van der Waals surface area contributed by atoms with Crippen LogP contribution >= 0.6 is 0 Å². The van der Waals surface area contributed by atoms with E-state index in [0.29, 0.717) is 17.2 Å². The molecule has 30 heavy (non-hydrogen) atoms. The Balaban J connectivity index is 2.41. The molecule has 0 atom stereocenters. The normalized spacial score (nSPS) is 11.2. The van der Waals surface area contributed by atoms with Gasteiger partial charge in [0.15, 0.2) is 11.5 Å². The minimum absolute atomic E-state index is 0.0876. The smallest absolute Gasteiger partial charge is 0.160 e. The molecule has 0 spiro atoms. The number of methoxy groups -OCH3 is 1. The second-order valence-electron chi connectivity index (χ2n) is 8.13. The van der Waals surface area contributed by atoms with Gasteiger partial charge in [-0.3, -0.25) is 0 Å². The molecule has 0 radical (unpaired) electrons. The number of rotatable bonds is 4. The lowest BCUT2D eigenvalue weighted by molar-refractivity contribution is 0.373. The number of aromatic hydroxyl groups is 3. The van der Waals surface area contributed by atoms with Gasteiger partial charge in [0, 0.05) is 5.92 Å². The van der Waals surface area contributed by atoms with E-state index in [-0.39, 0.29) is 11.7 Å². The van der Waals surface area contributed by atoms with Crippen LogP contribution in [0.1, 0.15) is 56.0 Å². The quantitative estimate of drug-likeness (QED) is 0.476. The standard InChI is InChI=1S/C26H30O4/c1-13-10-20(15(3)17(5)25(13)28)24(19-8-9-22(27)23(12-19)30-7)21-11-14(2)26(29)18(6)16(21)4/h8-12,24,27-29H,1-7H3. The molecule has 0 amide bonds.